The van der Waals surface area contributed by atoms with Gasteiger partial charge in [0.1, 0.15) is 6.61 Å². The second kappa shape index (κ2) is 6.89. The van der Waals surface area contributed by atoms with Gasteiger partial charge in [0, 0.05) is 31.1 Å². The molecule has 1 aliphatic rings. The Balaban J connectivity index is 1.55. The molecule has 2 heterocycles. The second-order valence-corrected chi connectivity index (χ2v) is 5.26. The zero-order valence-electron chi connectivity index (χ0n) is 12.3. The topological polar surface area (TPSA) is 42.4 Å². The first-order chi connectivity index (χ1) is 10.8. The summed E-state index contributed by atoms with van der Waals surface area (Å²) in [4.78, 5) is 17.8. The van der Waals surface area contributed by atoms with Crippen LogP contribution in [0.25, 0.3) is 0 Å². The number of benzene rings is 1. The average molecular weight is 294 g/mol. The van der Waals surface area contributed by atoms with Gasteiger partial charge in [0.2, 0.25) is 0 Å². The third-order valence-corrected chi connectivity index (χ3v) is 3.73. The number of pyridine rings is 1. The van der Waals surface area contributed by atoms with Crippen molar-refractivity contribution in [1.82, 2.24) is 9.88 Å². The van der Waals surface area contributed by atoms with Crippen molar-refractivity contribution in [2.75, 3.05) is 6.54 Å². The molecule has 112 valence electrons. The number of nitrogens with zero attached hydrogens (tertiary/aromatic N) is 2. The minimum atomic E-state index is -0.301. The van der Waals surface area contributed by atoms with Crippen LogP contribution in [0.2, 0.25) is 0 Å². The molecule has 4 nitrogen and oxygen atoms in total. The van der Waals surface area contributed by atoms with Crippen molar-refractivity contribution in [3.63, 3.8) is 0 Å². The van der Waals surface area contributed by atoms with Gasteiger partial charge in [-0.2, -0.15) is 0 Å². The molecule has 0 saturated carbocycles. The van der Waals surface area contributed by atoms with E-state index in [1.165, 1.54) is 5.56 Å². The molecule has 1 unspecified atom stereocenters. The van der Waals surface area contributed by atoms with Crippen LogP contribution < -0.4 is 0 Å². The van der Waals surface area contributed by atoms with Crippen LogP contribution >= 0.6 is 0 Å². The fourth-order valence-corrected chi connectivity index (χ4v) is 2.48. The van der Waals surface area contributed by atoms with E-state index in [4.69, 9.17) is 4.74 Å². The summed E-state index contributed by atoms with van der Waals surface area (Å²) in [6, 6.07) is 13.7. The molecule has 0 radical (unpaired) electrons. The molecular weight excluding hydrogens is 276 g/mol. The predicted octanol–water partition coefficient (Wildman–Crippen LogP) is 3.72. The van der Waals surface area contributed by atoms with Crippen molar-refractivity contribution in [3.8, 4) is 0 Å². The zero-order chi connectivity index (χ0) is 15.2. The lowest BCUT2D eigenvalue weighted by molar-refractivity contribution is 0.108. The monoisotopic (exact) mass is 294 g/mol. The average Bonchev–Trinajstić information content (AvgIpc) is 2.61. The summed E-state index contributed by atoms with van der Waals surface area (Å²) >= 11 is 0. The van der Waals surface area contributed by atoms with E-state index >= 15 is 0 Å². The maximum absolute atomic E-state index is 12.1. The van der Waals surface area contributed by atoms with Gasteiger partial charge in [-0.25, -0.2) is 4.79 Å². The molecule has 2 aromatic rings. The van der Waals surface area contributed by atoms with Crippen molar-refractivity contribution < 1.29 is 9.53 Å². The zero-order valence-corrected chi connectivity index (χ0v) is 12.3. The highest BCUT2D eigenvalue weighted by atomic mass is 16.6. The summed E-state index contributed by atoms with van der Waals surface area (Å²) < 4.78 is 5.33. The molecule has 0 aliphatic carbocycles. The third-order valence-electron chi connectivity index (χ3n) is 3.73. The van der Waals surface area contributed by atoms with E-state index in [2.05, 4.69) is 11.1 Å². The number of carbonyl (C=O) groups is 1. The molecule has 4 heteroatoms. The van der Waals surface area contributed by atoms with Crippen molar-refractivity contribution in [1.29, 1.82) is 0 Å². The maximum Gasteiger partial charge on any atom is 0.414 e. The SMILES string of the molecule is O=C(OCc1ccccc1)N1C=CC(c2cccnc2)CC1. The minimum absolute atomic E-state index is 0.301. The fourth-order valence-electron chi connectivity index (χ4n) is 2.48. The first kappa shape index (κ1) is 14.3. The molecule has 1 amide bonds. The smallest absolute Gasteiger partial charge is 0.414 e. The first-order valence-corrected chi connectivity index (χ1v) is 7.38. The van der Waals surface area contributed by atoms with E-state index in [0.29, 0.717) is 19.1 Å². The number of hydrogen-bond acceptors (Lipinski definition) is 3. The Morgan fingerprint density at radius 1 is 1.23 bits per heavy atom. The van der Waals surface area contributed by atoms with Crippen LogP contribution in [-0.4, -0.2) is 22.5 Å². The van der Waals surface area contributed by atoms with Crippen molar-refractivity contribution in [2.24, 2.45) is 0 Å². The quantitative estimate of drug-likeness (QED) is 0.866. The first-order valence-electron chi connectivity index (χ1n) is 7.38. The van der Waals surface area contributed by atoms with Crippen molar-refractivity contribution in [2.45, 2.75) is 18.9 Å². The second-order valence-electron chi connectivity index (χ2n) is 5.26. The Kier molecular flexibility index (Phi) is 4.49. The molecule has 3 rings (SSSR count). The van der Waals surface area contributed by atoms with Crippen LogP contribution in [0.5, 0.6) is 0 Å². The highest BCUT2D eigenvalue weighted by Gasteiger charge is 2.20. The summed E-state index contributed by atoms with van der Waals surface area (Å²) in [6.45, 7) is 0.958. The largest absolute Gasteiger partial charge is 0.444 e. The van der Waals surface area contributed by atoms with Crippen molar-refractivity contribution in [3.05, 3.63) is 78.3 Å². The molecule has 1 aromatic carbocycles. The van der Waals surface area contributed by atoms with Crippen LogP contribution in [0.1, 0.15) is 23.5 Å². The molecule has 1 atom stereocenters. The number of ether oxygens (including phenoxy) is 1. The highest BCUT2D eigenvalue weighted by molar-refractivity contribution is 5.69. The molecule has 0 bridgehead atoms. The molecule has 1 aliphatic heterocycles. The lowest BCUT2D eigenvalue weighted by atomic mass is 9.95. The number of carbonyl (C=O) groups excluding carboxylic acids is 1. The number of aromatic nitrogens is 1. The third kappa shape index (κ3) is 3.52. The van der Waals surface area contributed by atoms with Gasteiger partial charge in [-0.15, -0.1) is 0 Å². The Labute approximate surface area is 130 Å². The lowest BCUT2D eigenvalue weighted by Crippen LogP contribution is -2.30. The Hall–Kier alpha value is -2.62. The van der Waals surface area contributed by atoms with E-state index < -0.39 is 0 Å². The molecule has 0 saturated heterocycles. The fraction of sp³-hybridized carbons (Fsp3) is 0.222. The Bertz CT molecular complexity index is 641. The van der Waals surface area contributed by atoms with E-state index in [0.717, 1.165) is 12.0 Å². The van der Waals surface area contributed by atoms with Crippen LogP contribution in [-0.2, 0) is 11.3 Å². The molecule has 22 heavy (non-hydrogen) atoms. The van der Waals surface area contributed by atoms with Crippen LogP contribution in [0.15, 0.2) is 67.1 Å². The van der Waals surface area contributed by atoms with Gasteiger partial charge >= 0.3 is 6.09 Å². The molecule has 0 N–H and O–H groups in total. The van der Waals surface area contributed by atoms with E-state index in [9.17, 15) is 4.79 Å². The Morgan fingerprint density at radius 2 is 2.09 bits per heavy atom. The summed E-state index contributed by atoms with van der Waals surface area (Å²) in [5.74, 6) is 0.312. The van der Waals surface area contributed by atoms with E-state index in [1.54, 1.807) is 11.1 Å². The summed E-state index contributed by atoms with van der Waals surface area (Å²) in [5, 5.41) is 0. The molecule has 0 fully saturated rings. The van der Waals surface area contributed by atoms with Crippen LogP contribution in [0.3, 0.4) is 0 Å². The predicted molar refractivity (Wildman–Crippen MR) is 84.1 cm³/mol. The summed E-state index contributed by atoms with van der Waals surface area (Å²) in [7, 11) is 0. The number of allylic oxidation sites excluding steroid dienone is 1. The molecule has 0 spiro atoms. The van der Waals surface area contributed by atoms with Gasteiger partial charge in [-0.05, 0) is 23.6 Å². The highest BCUT2D eigenvalue weighted by Crippen LogP contribution is 2.24. The van der Waals surface area contributed by atoms with Gasteiger partial charge < -0.3 is 4.74 Å². The van der Waals surface area contributed by atoms with Crippen molar-refractivity contribution >= 4 is 6.09 Å². The van der Waals surface area contributed by atoms with Gasteiger partial charge in [0.25, 0.3) is 0 Å². The minimum Gasteiger partial charge on any atom is -0.444 e. The van der Waals surface area contributed by atoms with Crippen LogP contribution in [0.4, 0.5) is 4.79 Å². The molecular formula is C18H18N2O2. The Morgan fingerprint density at radius 3 is 2.77 bits per heavy atom. The maximum atomic E-state index is 12.1. The van der Waals surface area contributed by atoms with E-state index in [-0.39, 0.29) is 6.09 Å². The standard InChI is InChI=1S/C18H18N2O2/c21-18(22-14-15-5-2-1-3-6-15)20-11-8-16(9-12-20)17-7-4-10-19-13-17/h1-8,10-11,13,16H,9,12,14H2. The summed E-state index contributed by atoms with van der Waals surface area (Å²) in [6.07, 6.45) is 8.06. The number of hydrogen-bond donors (Lipinski definition) is 0. The van der Waals surface area contributed by atoms with Gasteiger partial charge in [-0.1, -0.05) is 42.5 Å². The van der Waals surface area contributed by atoms with Gasteiger partial charge in [0.15, 0.2) is 0 Å². The lowest BCUT2D eigenvalue weighted by Gasteiger charge is -2.25. The van der Waals surface area contributed by atoms with Gasteiger partial charge in [-0.3, -0.25) is 9.88 Å². The van der Waals surface area contributed by atoms with Crippen LogP contribution in [0, 0.1) is 0 Å². The number of amides is 1. The normalized spacial score (nSPS) is 17.3. The number of rotatable bonds is 3. The van der Waals surface area contributed by atoms with Gasteiger partial charge in [0.05, 0.1) is 0 Å². The van der Waals surface area contributed by atoms with E-state index in [1.807, 2.05) is 54.9 Å². The molecule has 1 aromatic heterocycles. The summed E-state index contributed by atoms with van der Waals surface area (Å²) in [5.41, 5.74) is 2.17.